The van der Waals surface area contributed by atoms with Gasteiger partial charge in [-0.15, -0.1) is 11.8 Å². The molecule has 0 aromatic carbocycles. The van der Waals surface area contributed by atoms with Crippen molar-refractivity contribution in [2.45, 2.75) is 13.3 Å². The normalized spacial score (nSPS) is 26.0. The van der Waals surface area contributed by atoms with Gasteiger partial charge in [-0.25, -0.2) is 0 Å². The van der Waals surface area contributed by atoms with E-state index < -0.39 is 0 Å². The summed E-state index contributed by atoms with van der Waals surface area (Å²) < 4.78 is 0. The largest absolute Gasteiger partial charge is 0.254 e. The molecule has 0 saturated heterocycles. The Morgan fingerprint density at radius 1 is 1.78 bits per heavy atom. The highest BCUT2D eigenvalue weighted by atomic mass is 32.2. The van der Waals surface area contributed by atoms with Crippen LogP contribution in [0.25, 0.3) is 0 Å². The van der Waals surface area contributed by atoms with Crippen molar-refractivity contribution in [1.82, 2.24) is 0 Å². The molecule has 0 aliphatic carbocycles. The highest BCUT2D eigenvalue weighted by molar-refractivity contribution is 8.02. The smallest absolute Gasteiger partial charge is 0.0913 e. The van der Waals surface area contributed by atoms with E-state index in [4.69, 9.17) is 0 Å². The minimum absolute atomic E-state index is 0.640. The fourth-order valence-corrected chi connectivity index (χ4v) is 1.17. The Morgan fingerprint density at radius 3 is 3.00 bits per heavy atom. The molecule has 0 aromatic rings. The average Bonchev–Trinajstić information content (AvgIpc) is 1.90. The second-order valence-corrected chi connectivity index (χ2v) is 3.06. The summed E-state index contributed by atoms with van der Waals surface area (Å²) in [4.78, 5) is 4.23. The van der Waals surface area contributed by atoms with Crippen LogP contribution in [0.3, 0.4) is 0 Å². The first-order valence-corrected chi connectivity index (χ1v) is 4.33. The first kappa shape index (κ1) is 6.87. The first-order chi connectivity index (χ1) is 4.33. The van der Waals surface area contributed by atoms with Crippen LogP contribution in [0.1, 0.15) is 13.3 Å². The van der Waals surface area contributed by atoms with Gasteiger partial charge in [-0.3, -0.25) is 4.99 Å². The van der Waals surface area contributed by atoms with Gasteiger partial charge in [-0.1, -0.05) is 13.0 Å². The Morgan fingerprint density at radius 2 is 2.56 bits per heavy atom. The van der Waals surface area contributed by atoms with Gasteiger partial charge in [0.05, 0.1) is 5.03 Å². The molecule has 1 nitrogen and oxygen atoms in total. The van der Waals surface area contributed by atoms with E-state index >= 15 is 0 Å². The van der Waals surface area contributed by atoms with Crippen LogP contribution >= 0.6 is 11.8 Å². The molecule has 0 N–H and O–H groups in total. The molecule has 1 aliphatic heterocycles. The second kappa shape index (κ2) is 3.06. The Hall–Kier alpha value is -0.240. The van der Waals surface area contributed by atoms with E-state index in [1.165, 1.54) is 0 Å². The Kier molecular flexibility index (Phi) is 2.34. The molecule has 0 aromatic heterocycles. The quantitative estimate of drug-likeness (QED) is 0.546. The molecule has 1 atom stereocenters. The lowest BCUT2D eigenvalue weighted by Gasteiger charge is -2.07. The van der Waals surface area contributed by atoms with Gasteiger partial charge in [0.2, 0.25) is 0 Å². The van der Waals surface area contributed by atoms with Crippen LogP contribution in [0.4, 0.5) is 0 Å². The lowest BCUT2D eigenvalue weighted by molar-refractivity contribution is 0.793. The van der Waals surface area contributed by atoms with E-state index in [1.54, 1.807) is 11.8 Å². The van der Waals surface area contributed by atoms with Gasteiger partial charge in [0.1, 0.15) is 0 Å². The maximum absolute atomic E-state index is 4.23. The van der Waals surface area contributed by atoms with Crippen LogP contribution in [0.2, 0.25) is 0 Å². The van der Waals surface area contributed by atoms with E-state index in [-0.39, 0.29) is 0 Å². The van der Waals surface area contributed by atoms with Crippen molar-refractivity contribution in [1.29, 1.82) is 0 Å². The minimum atomic E-state index is 0.640. The molecular formula is C7H11NS. The zero-order chi connectivity index (χ0) is 6.69. The lowest BCUT2D eigenvalue weighted by atomic mass is 10.1. The molecular weight excluding hydrogens is 130 g/mol. The molecule has 9 heavy (non-hydrogen) atoms. The molecule has 1 rings (SSSR count). The second-order valence-electron chi connectivity index (χ2n) is 2.24. The van der Waals surface area contributed by atoms with Crippen LogP contribution in [0, 0.1) is 5.92 Å². The summed E-state index contributed by atoms with van der Waals surface area (Å²) in [5.41, 5.74) is 0. The number of thioether (sulfide) groups is 1. The standard InChI is InChI=1S/C7H11NS/c1-6-3-4-7(9-2)8-5-6/h4-6H,3H2,1-2H3. The highest BCUT2D eigenvalue weighted by Gasteiger charge is 2.01. The third kappa shape index (κ3) is 1.86. The maximum Gasteiger partial charge on any atom is 0.0913 e. The number of allylic oxidation sites excluding steroid dienone is 1. The summed E-state index contributed by atoms with van der Waals surface area (Å²) in [6, 6.07) is 0. The zero-order valence-electron chi connectivity index (χ0n) is 5.79. The molecule has 0 bridgehead atoms. The molecule has 0 fully saturated rings. The zero-order valence-corrected chi connectivity index (χ0v) is 6.61. The maximum atomic E-state index is 4.23. The molecule has 1 aliphatic rings. The monoisotopic (exact) mass is 141 g/mol. The molecule has 0 spiro atoms. The van der Waals surface area contributed by atoms with Crippen molar-refractivity contribution in [2.24, 2.45) is 10.9 Å². The Balaban J connectivity index is 2.52. The van der Waals surface area contributed by atoms with Crippen molar-refractivity contribution in [3.8, 4) is 0 Å². The SMILES string of the molecule is CSC1=CCC(C)C=N1. The first-order valence-electron chi connectivity index (χ1n) is 3.11. The van der Waals surface area contributed by atoms with Crippen LogP contribution < -0.4 is 0 Å². The molecule has 0 saturated carbocycles. The van der Waals surface area contributed by atoms with E-state index in [0.29, 0.717) is 5.92 Å². The number of hydrogen-bond acceptors (Lipinski definition) is 2. The van der Waals surface area contributed by atoms with Gasteiger partial charge in [0, 0.05) is 6.21 Å². The topological polar surface area (TPSA) is 12.4 Å². The van der Waals surface area contributed by atoms with Gasteiger partial charge in [0.15, 0.2) is 0 Å². The highest BCUT2D eigenvalue weighted by Crippen LogP contribution is 2.19. The fourth-order valence-electron chi connectivity index (χ4n) is 0.737. The summed E-state index contributed by atoms with van der Waals surface area (Å²) in [6.45, 7) is 2.18. The predicted molar refractivity (Wildman–Crippen MR) is 43.9 cm³/mol. The van der Waals surface area contributed by atoms with Crippen molar-refractivity contribution in [2.75, 3.05) is 6.26 Å². The third-order valence-electron chi connectivity index (χ3n) is 1.33. The predicted octanol–water partition coefficient (Wildman–Crippen LogP) is 2.30. The van der Waals surface area contributed by atoms with Crippen LogP contribution in [-0.2, 0) is 0 Å². The number of nitrogens with zero attached hydrogens (tertiary/aromatic N) is 1. The van der Waals surface area contributed by atoms with Gasteiger partial charge in [0.25, 0.3) is 0 Å². The van der Waals surface area contributed by atoms with E-state index in [9.17, 15) is 0 Å². The van der Waals surface area contributed by atoms with E-state index in [1.807, 2.05) is 6.21 Å². The van der Waals surface area contributed by atoms with Crippen molar-refractivity contribution < 1.29 is 0 Å². The molecule has 1 heterocycles. The van der Waals surface area contributed by atoms with Crippen molar-refractivity contribution >= 4 is 18.0 Å². The van der Waals surface area contributed by atoms with Gasteiger partial charge in [-0.2, -0.15) is 0 Å². The Bertz CT molecular complexity index is 149. The lowest BCUT2D eigenvalue weighted by Crippen LogP contribution is -1.98. The Labute approximate surface area is 60.3 Å². The van der Waals surface area contributed by atoms with E-state index in [2.05, 4.69) is 24.2 Å². The van der Waals surface area contributed by atoms with Gasteiger partial charge < -0.3 is 0 Å². The molecule has 50 valence electrons. The molecule has 0 amide bonds. The summed E-state index contributed by atoms with van der Waals surface area (Å²) in [6.07, 6.45) is 7.42. The average molecular weight is 141 g/mol. The summed E-state index contributed by atoms with van der Waals surface area (Å²) in [5.74, 6) is 0.640. The van der Waals surface area contributed by atoms with Crippen LogP contribution in [0.15, 0.2) is 16.1 Å². The fraction of sp³-hybridized carbons (Fsp3) is 0.571. The van der Waals surface area contributed by atoms with Gasteiger partial charge >= 0.3 is 0 Å². The summed E-state index contributed by atoms with van der Waals surface area (Å²) >= 11 is 1.71. The minimum Gasteiger partial charge on any atom is -0.254 e. The van der Waals surface area contributed by atoms with Crippen molar-refractivity contribution in [3.63, 3.8) is 0 Å². The summed E-state index contributed by atoms with van der Waals surface area (Å²) in [5, 5.41) is 1.16. The van der Waals surface area contributed by atoms with Crippen LogP contribution in [0.5, 0.6) is 0 Å². The molecule has 2 heteroatoms. The van der Waals surface area contributed by atoms with E-state index in [0.717, 1.165) is 11.4 Å². The number of aliphatic imine (C=N–C) groups is 1. The third-order valence-corrected chi connectivity index (χ3v) is 2.02. The van der Waals surface area contributed by atoms with Crippen molar-refractivity contribution in [3.05, 3.63) is 11.1 Å². The molecule has 0 radical (unpaired) electrons. The molecule has 1 unspecified atom stereocenters. The number of hydrogen-bond donors (Lipinski definition) is 0. The van der Waals surface area contributed by atoms with Crippen LogP contribution in [-0.4, -0.2) is 12.5 Å². The van der Waals surface area contributed by atoms with Gasteiger partial charge in [-0.05, 0) is 18.6 Å². The number of rotatable bonds is 1. The summed E-state index contributed by atoms with van der Waals surface area (Å²) in [7, 11) is 0.